The molecule has 1 aliphatic heterocycles. The van der Waals surface area contributed by atoms with Gasteiger partial charge in [0, 0.05) is 13.1 Å². The zero-order valence-corrected chi connectivity index (χ0v) is 9.85. The van der Waals surface area contributed by atoms with Gasteiger partial charge in [-0.15, -0.1) is 5.10 Å². The molecule has 1 atom stereocenters. The van der Waals surface area contributed by atoms with Crippen LogP contribution < -0.4 is 16.0 Å². The smallest absolute Gasteiger partial charge is 0.318 e. The summed E-state index contributed by atoms with van der Waals surface area (Å²) in [6.45, 7) is 1.93. The van der Waals surface area contributed by atoms with Crippen molar-refractivity contribution in [1.82, 2.24) is 15.5 Å². The highest BCUT2D eigenvalue weighted by atomic mass is 16.4. The number of carbonyl (C=O) groups excluding carboxylic acids is 1. The van der Waals surface area contributed by atoms with Gasteiger partial charge >= 0.3 is 6.01 Å². The molecule has 17 heavy (non-hydrogen) atoms. The van der Waals surface area contributed by atoms with E-state index in [2.05, 4.69) is 15.5 Å². The average molecular weight is 239 g/mol. The predicted octanol–water partition coefficient (Wildman–Crippen LogP) is -0.509. The van der Waals surface area contributed by atoms with Crippen molar-refractivity contribution < 1.29 is 9.21 Å². The van der Waals surface area contributed by atoms with Crippen molar-refractivity contribution in [3.05, 3.63) is 5.89 Å². The van der Waals surface area contributed by atoms with E-state index >= 15 is 0 Å². The molecule has 1 aromatic rings. The second kappa shape index (κ2) is 5.13. The normalized spacial score (nSPS) is 20.5. The number of nitrogens with two attached hydrogens (primary N) is 1. The highest BCUT2D eigenvalue weighted by molar-refractivity contribution is 5.77. The van der Waals surface area contributed by atoms with Crippen LogP contribution in [0.2, 0.25) is 0 Å². The van der Waals surface area contributed by atoms with Gasteiger partial charge in [-0.05, 0) is 19.9 Å². The second-order valence-corrected chi connectivity index (χ2v) is 4.20. The lowest BCUT2D eigenvalue weighted by Gasteiger charge is -2.29. The number of amides is 1. The third kappa shape index (κ3) is 2.73. The largest absolute Gasteiger partial charge is 0.407 e. The van der Waals surface area contributed by atoms with Crippen LogP contribution in [0.4, 0.5) is 6.01 Å². The molecule has 0 radical (unpaired) electrons. The number of nitrogens with zero attached hydrogens (tertiary/aromatic N) is 3. The summed E-state index contributed by atoms with van der Waals surface area (Å²) in [6.07, 6.45) is 1.75. The van der Waals surface area contributed by atoms with E-state index in [0.717, 1.165) is 19.4 Å². The molecular weight excluding hydrogens is 222 g/mol. The first-order chi connectivity index (χ1) is 8.20. The van der Waals surface area contributed by atoms with Gasteiger partial charge in [-0.3, -0.25) is 4.79 Å². The monoisotopic (exact) mass is 239 g/mol. The summed E-state index contributed by atoms with van der Waals surface area (Å²) in [5.74, 6) is 0.164. The molecule has 0 bridgehead atoms. The van der Waals surface area contributed by atoms with Crippen LogP contribution in [0.15, 0.2) is 4.42 Å². The third-order valence-electron chi connectivity index (χ3n) is 2.88. The van der Waals surface area contributed by atoms with Gasteiger partial charge in [0.15, 0.2) is 0 Å². The molecule has 0 aromatic carbocycles. The SMILES string of the molecule is CNCc1nnc(N2CCCC(C(N)=O)C2)o1. The predicted molar refractivity (Wildman–Crippen MR) is 61.2 cm³/mol. The van der Waals surface area contributed by atoms with Gasteiger partial charge in [0.1, 0.15) is 0 Å². The summed E-state index contributed by atoms with van der Waals surface area (Å²) < 4.78 is 5.48. The highest BCUT2D eigenvalue weighted by Crippen LogP contribution is 2.21. The van der Waals surface area contributed by atoms with E-state index in [0.29, 0.717) is 25.0 Å². The molecule has 1 saturated heterocycles. The number of rotatable bonds is 4. The molecule has 94 valence electrons. The molecule has 2 heterocycles. The number of piperidine rings is 1. The number of aromatic nitrogens is 2. The summed E-state index contributed by atoms with van der Waals surface area (Å²) in [5, 5.41) is 10.8. The van der Waals surface area contributed by atoms with Crippen molar-refractivity contribution in [2.45, 2.75) is 19.4 Å². The Balaban J connectivity index is 2.02. The quantitative estimate of drug-likeness (QED) is 0.734. The maximum Gasteiger partial charge on any atom is 0.318 e. The van der Waals surface area contributed by atoms with Crippen molar-refractivity contribution in [2.75, 3.05) is 25.0 Å². The Hall–Kier alpha value is -1.63. The highest BCUT2D eigenvalue weighted by Gasteiger charge is 2.26. The molecule has 3 N–H and O–H groups in total. The summed E-state index contributed by atoms with van der Waals surface area (Å²) >= 11 is 0. The number of nitrogens with one attached hydrogen (secondary N) is 1. The van der Waals surface area contributed by atoms with E-state index in [1.807, 2.05) is 11.9 Å². The van der Waals surface area contributed by atoms with Crippen LogP contribution >= 0.6 is 0 Å². The van der Waals surface area contributed by atoms with E-state index < -0.39 is 0 Å². The average Bonchev–Trinajstić information content (AvgIpc) is 2.78. The summed E-state index contributed by atoms with van der Waals surface area (Å²) in [6, 6.07) is 0.473. The zero-order valence-electron chi connectivity index (χ0n) is 9.85. The van der Waals surface area contributed by atoms with Gasteiger partial charge < -0.3 is 20.4 Å². The summed E-state index contributed by atoms with van der Waals surface area (Å²) in [5.41, 5.74) is 5.32. The molecule has 7 heteroatoms. The van der Waals surface area contributed by atoms with E-state index in [1.54, 1.807) is 0 Å². The molecule has 1 unspecified atom stereocenters. The van der Waals surface area contributed by atoms with Crippen molar-refractivity contribution >= 4 is 11.9 Å². The molecule has 0 aliphatic carbocycles. The number of anilines is 1. The molecule has 1 aliphatic rings. The number of hydrogen-bond acceptors (Lipinski definition) is 6. The molecule has 1 amide bonds. The van der Waals surface area contributed by atoms with Crippen LogP contribution in [-0.2, 0) is 11.3 Å². The van der Waals surface area contributed by atoms with Crippen LogP contribution in [0, 0.1) is 5.92 Å². The van der Waals surface area contributed by atoms with Crippen molar-refractivity contribution in [1.29, 1.82) is 0 Å². The molecule has 7 nitrogen and oxygen atoms in total. The van der Waals surface area contributed by atoms with Crippen LogP contribution in [0.25, 0.3) is 0 Å². The van der Waals surface area contributed by atoms with E-state index in [-0.39, 0.29) is 11.8 Å². The molecule has 0 spiro atoms. The Labute approximate surface area is 99.4 Å². The summed E-state index contributed by atoms with van der Waals surface area (Å²) in [4.78, 5) is 13.1. The van der Waals surface area contributed by atoms with E-state index in [4.69, 9.17) is 10.2 Å². The Kier molecular flexibility index (Phi) is 3.58. The minimum Gasteiger partial charge on any atom is -0.407 e. The maximum absolute atomic E-state index is 11.2. The lowest BCUT2D eigenvalue weighted by Crippen LogP contribution is -2.41. The molecular formula is C10H17N5O2. The van der Waals surface area contributed by atoms with Crippen LogP contribution in [-0.4, -0.2) is 36.2 Å². The third-order valence-corrected chi connectivity index (χ3v) is 2.88. The lowest BCUT2D eigenvalue weighted by atomic mass is 9.98. The maximum atomic E-state index is 11.2. The number of primary amides is 1. The van der Waals surface area contributed by atoms with E-state index in [9.17, 15) is 4.79 Å². The van der Waals surface area contributed by atoms with Crippen molar-refractivity contribution in [3.63, 3.8) is 0 Å². The van der Waals surface area contributed by atoms with Gasteiger partial charge in [-0.1, -0.05) is 5.10 Å². The van der Waals surface area contributed by atoms with Crippen LogP contribution in [0.1, 0.15) is 18.7 Å². The van der Waals surface area contributed by atoms with Gasteiger partial charge in [-0.2, -0.15) is 0 Å². The molecule has 2 rings (SSSR count). The van der Waals surface area contributed by atoms with Crippen molar-refractivity contribution in [3.8, 4) is 0 Å². The van der Waals surface area contributed by atoms with Gasteiger partial charge in [-0.25, -0.2) is 0 Å². The Morgan fingerprint density at radius 1 is 1.65 bits per heavy atom. The number of carbonyl (C=O) groups is 1. The molecule has 1 fully saturated rings. The lowest BCUT2D eigenvalue weighted by molar-refractivity contribution is -0.122. The minimum atomic E-state index is -0.260. The first kappa shape index (κ1) is 11.8. The standard InChI is InChI=1S/C10H17N5O2/c1-12-5-8-13-14-10(17-8)15-4-2-3-7(6-15)9(11)16/h7,12H,2-6H2,1H3,(H2,11,16). The molecule has 0 saturated carbocycles. The van der Waals surface area contributed by atoms with Crippen LogP contribution in [0.5, 0.6) is 0 Å². The first-order valence-electron chi connectivity index (χ1n) is 5.72. The zero-order chi connectivity index (χ0) is 12.3. The first-order valence-corrected chi connectivity index (χ1v) is 5.72. The van der Waals surface area contributed by atoms with E-state index in [1.165, 1.54) is 0 Å². The Morgan fingerprint density at radius 2 is 2.47 bits per heavy atom. The van der Waals surface area contributed by atoms with Gasteiger partial charge in [0.25, 0.3) is 0 Å². The fourth-order valence-corrected chi connectivity index (χ4v) is 1.98. The van der Waals surface area contributed by atoms with Gasteiger partial charge in [0.2, 0.25) is 11.8 Å². The fraction of sp³-hybridized carbons (Fsp3) is 0.700. The fourth-order valence-electron chi connectivity index (χ4n) is 1.98. The summed E-state index contributed by atoms with van der Waals surface area (Å²) in [7, 11) is 1.81. The Morgan fingerprint density at radius 3 is 3.18 bits per heavy atom. The Bertz CT molecular complexity index is 392. The minimum absolute atomic E-state index is 0.122. The van der Waals surface area contributed by atoms with Crippen LogP contribution in [0.3, 0.4) is 0 Å². The number of hydrogen-bond donors (Lipinski definition) is 2. The topological polar surface area (TPSA) is 97.3 Å². The second-order valence-electron chi connectivity index (χ2n) is 4.20. The molecule has 1 aromatic heterocycles. The van der Waals surface area contributed by atoms with Gasteiger partial charge in [0.05, 0.1) is 12.5 Å². The van der Waals surface area contributed by atoms with Crippen molar-refractivity contribution in [2.24, 2.45) is 11.7 Å².